The van der Waals surface area contributed by atoms with E-state index >= 15 is 0 Å². The highest BCUT2D eigenvalue weighted by Crippen LogP contribution is 1.96. The second-order valence-electron chi connectivity index (χ2n) is 3.23. The van der Waals surface area contributed by atoms with Crippen LogP contribution in [-0.4, -0.2) is 0 Å². The van der Waals surface area contributed by atoms with Gasteiger partial charge in [-0.05, 0) is 25.7 Å². The van der Waals surface area contributed by atoms with Crippen molar-refractivity contribution in [3.8, 4) is 49.4 Å². The minimum atomic E-state index is 0.863. The second kappa shape index (κ2) is 18.9. The zero-order chi connectivity index (χ0) is 12.5. The highest BCUT2D eigenvalue weighted by Gasteiger charge is 1.80. The maximum atomic E-state index is 5.01. The van der Waals surface area contributed by atoms with Gasteiger partial charge in [0.25, 0.3) is 0 Å². The lowest BCUT2D eigenvalue weighted by Gasteiger charge is -1.86. The van der Waals surface area contributed by atoms with Crippen molar-refractivity contribution in [1.29, 1.82) is 0 Å². The highest BCUT2D eigenvalue weighted by atomic mass is 13.8. The van der Waals surface area contributed by atoms with Gasteiger partial charge in [0.05, 0.1) is 0 Å². The minimum absolute atomic E-state index is 0.863. The summed E-state index contributed by atoms with van der Waals surface area (Å²) in [5.74, 6) is 10.2. The molecule has 0 saturated carbocycles. The van der Waals surface area contributed by atoms with Crippen LogP contribution in [0.25, 0.3) is 0 Å². The van der Waals surface area contributed by atoms with Gasteiger partial charge in [-0.3, -0.25) is 0 Å². The number of rotatable bonds is 6. The minimum Gasteiger partial charge on any atom is -0.120 e. The predicted octanol–water partition coefficient (Wildman–Crippen LogP) is 3.63. The molecular weight excluding hydrogens is 192 g/mol. The molecular formula is C16H20. The van der Waals surface area contributed by atoms with Crippen molar-refractivity contribution in [1.82, 2.24) is 0 Å². The van der Waals surface area contributed by atoms with Gasteiger partial charge >= 0.3 is 0 Å². The number of hydrogen-bond acceptors (Lipinski definition) is 0. The molecule has 0 atom stereocenters. The van der Waals surface area contributed by atoms with Crippen LogP contribution in [-0.2, 0) is 0 Å². The SMILES string of the molecule is C#CCCCCC#C.C#CCCCCC#C. The van der Waals surface area contributed by atoms with E-state index in [1.165, 1.54) is 0 Å². The third-order valence-electron chi connectivity index (χ3n) is 1.78. The summed E-state index contributed by atoms with van der Waals surface area (Å²) >= 11 is 0. The summed E-state index contributed by atoms with van der Waals surface area (Å²) in [7, 11) is 0. The highest BCUT2D eigenvalue weighted by molar-refractivity contribution is 4.87. The molecule has 0 rings (SSSR count). The number of terminal acetylenes is 4. The molecule has 0 aromatic carbocycles. The van der Waals surface area contributed by atoms with E-state index in [2.05, 4.69) is 23.7 Å². The first kappa shape index (κ1) is 16.7. The summed E-state index contributed by atoms with van der Waals surface area (Å²) in [4.78, 5) is 0. The average Bonchev–Trinajstić information content (AvgIpc) is 2.31. The average molecular weight is 212 g/mol. The fraction of sp³-hybridized carbons (Fsp3) is 0.500. The Morgan fingerprint density at radius 1 is 0.438 bits per heavy atom. The van der Waals surface area contributed by atoms with Gasteiger partial charge < -0.3 is 0 Å². The Kier molecular flexibility index (Phi) is 19.7. The van der Waals surface area contributed by atoms with Crippen LogP contribution in [0.2, 0.25) is 0 Å². The van der Waals surface area contributed by atoms with E-state index in [0.29, 0.717) is 0 Å². The molecule has 0 heterocycles. The van der Waals surface area contributed by atoms with E-state index in [1.54, 1.807) is 0 Å². The van der Waals surface area contributed by atoms with Crippen molar-refractivity contribution >= 4 is 0 Å². The normalized spacial score (nSPS) is 7.25. The van der Waals surface area contributed by atoms with E-state index in [0.717, 1.165) is 51.4 Å². The van der Waals surface area contributed by atoms with Gasteiger partial charge in [-0.2, -0.15) is 0 Å². The molecule has 0 radical (unpaired) electrons. The third kappa shape index (κ3) is 22.8. The van der Waals surface area contributed by atoms with Crippen LogP contribution >= 0.6 is 0 Å². The fourth-order valence-electron chi connectivity index (χ4n) is 0.908. The van der Waals surface area contributed by atoms with Crippen molar-refractivity contribution in [2.24, 2.45) is 0 Å². The summed E-state index contributed by atoms with van der Waals surface area (Å²) in [6.07, 6.45) is 27.8. The van der Waals surface area contributed by atoms with Crippen LogP contribution in [0.5, 0.6) is 0 Å². The Hall–Kier alpha value is -1.76. The van der Waals surface area contributed by atoms with Crippen LogP contribution in [0, 0.1) is 49.4 Å². The largest absolute Gasteiger partial charge is 0.120 e. The lowest BCUT2D eigenvalue weighted by atomic mass is 10.2. The first-order valence-corrected chi connectivity index (χ1v) is 5.57. The molecule has 0 aromatic heterocycles. The molecule has 16 heavy (non-hydrogen) atoms. The smallest absolute Gasteiger partial charge is 0.00863 e. The quantitative estimate of drug-likeness (QED) is 0.466. The van der Waals surface area contributed by atoms with E-state index in [-0.39, 0.29) is 0 Å². The number of hydrogen-bond donors (Lipinski definition) is 0. The molecule has 0 bridgehead atoms. The maximum absolute atomic E-state index is 5.01. The molecule has 0 fully saturated rings. The van der Waals surface area contributed by atoms with Gasteiger partial charge in [0.2, 0.25) is 0 Å². The van der Waals surface area contributed by atoms with Crippen LogP contribution < -0.4 is 0 Å². The molecule has 0 N–H and O–H groups in total. The zero-order valence-corrected chi connectivity index (χ0v) is 9.97. The van der Waals surface area contributed by atoms with Crippen molar-refractivity contribution in [2.75, 3.05) is 0 Å². The number of unbranched alkanes of at least 4 members (excludes halogenated alkanes) is 6. The monoisotopic (exact) mass is 212 g/mol. The Morgan fingerprint density at radius 2 is 0.625 bits per heavy atom. The van der Waals surface area contributed by atoms with Crippen molar-refractivity contribution < 1.29 is 0 Å². The lowest BCUT2D eigenvalue weighted by molar-refractivity contribution is 0.783. The van der Waals surface area contributed by atoms with Crippen molar-refractivity contribution in [2.45, 2.75) is 51.4 Å². The molecule has 0 aliphatic rings. The lowest BCUT2D eigenvalue weighted by Crippen LogP contribution is -1.70. The summed E-state index contributed by atoms with van der Waals surface area (Å²) in [6, 6.07) is 0. The summed E-state index contributed by atoms with van der Waals surface area (Å²) in [5.41, 5.74) is 0. The Labute approximate surface area is 101 Å². The molecule has 0 aromatic rings. The van der Waals surface area contributed by atoms with Crippen molar-refractivity contribution in [3.63, 3.8) is 0 Å². The van der Waals surface area contributed by atoms with E-state index < -0.39 is 0 Å². The Balaban J connectivity index is 0. The van der Waals surface area contributed by atoms with Crippen LogP contribution in [0.3, 0.4) is 0 Å². The van der Waals surface area contributed by atoms with Crippen LogP contribution in [0.4, 0.5) is 0 Å². The third-order valence-corrected chi connectivity index (χ3v) is 1.78. The van der Waals surface area contributed by atoms with Gasteiger partial charge in [-0.25, -0.2) is 0 Å². The van der Waals surface area contributed by atoms with Gasteiger partial charge in [-0.15, -0.1) is 49.4 Å². The predicted molar refractivity (Wildman–Crippen MR) is 72.3 cm³/mol. The van der Waals surface area contributed by atoms with Gasteiger partial charge in [0, 0.05) is 25.7 Å². The molecule has 0 aliphatic carbocycles. The standard InChI is InChI=1S/2C8H10/c2*1-3-5-7-8-6-4-2/h2*1-2H,5-8H2. The molecule has 0 unspecified atom stereocenters. The molecule has 0 heteroatoms. The van der Waals surface area contributed by atoms with Gasteiger partial charge in [0.1, 0.15) is 0 Å². The van der Waals surface area contributed by atoms with E-state index in [4.69, 9.17) is 25.7 Å². The van der Waals surface area contributed by atoms with Gasteiger partial charge in [0.15, 0.2) is 0 Å². The summed E-state index contributed by atoms with van der Waals surface area (Å²) in [5, 5.41) is 0. The zero-order valence-electron chi connectivity index (χ0n) is 9.97. The molecule has 0 nitrogen and oxygen atoms in total. The topological polar surface area (TPSA) is 0 Å². The Bertz CT molecular complexity index is 218. The first-order chi connectivity index (χ1) is 7.83. The Morgan fingerprint density at radius 3 is 0.750 bits per heavy atom. The van der Waals surface area contributed by atoms with Crippen LogP contribution in [0.1, 0.15) is 51.4 Å². The molecule has 0 saturated heterocycles. The maximum Gasteiger partial charge on any atom is 0.00863 e. The summed E-state index contributed by atoms with van der Waals surface area (Å²) < 4.78 is 0. The molecule has 0 amide bonds. The van der Waals surface area contributed by atoms with Crippen molar-refractivity contribution in [3.05, 3.63) is 0 Å². The molecule has 0 aliphatic heterocycles. The second-order valence-corrected chi connectivity index (χ2v) is 3.23. The fourth-order valence-corrected chi connectivity index (χ4v) is 0.908. The molecule has 0 spiro atoms. The van der Waals surface area contributed by atoms with Crippen LogP contribution in [0.15, 0.2) is 0 Å². The first-order valence-electron chi connectivity index (χ1n) is 5.57. The van der Waals surface area contributed by atoms with E-state index in [9.17, 15) is 0 Å². The van der Waals surface area contributed by atoms with Gasteiger partial charge in [-0.1, -0.05) is 0 Å². The molecule has 84 valence electrons. The summed E-state index contributed by atoms with van der Waals surface area (Å²) in [6.45, 7) is 0. The van der Waals surface area contributed by atoms with E-state index in [1.807, 2.05) is 0 Å².